The van der Waals surface area contributed by atoms with Crippen molar-refractivity contribution < 1.29 is 19.4 Å². The van der Waals surface area contributed by atoms with Gasteiger partial charge in [0.1, 0.15) is 5.76 Å². The third-order valence-corrected chi connectivity index (χ3v) is 2.54. The zero-order valence-electron chi connectivity index (χ0n) is 8.69. The number of rotatable bonds is 1. The van der Waals surface area contributed by atoms with Gasteiger partial charge in [-0.3, -0.25) is 4.79 Å². The van der Waals surface area contributed by atoms with Gasteiger partial charge in [-0.05, 0) is 0 Å². The quantitative estimate of drug-likeness (QED) is 0.625. The number of dihydropyridines is 1. The zero-order valence-corrected chi connectivity index (χ0v) is 8.69. The molecule has 1 heterocycles. The highest BCUT2D eigenvalue weighted by Gasteiger charge is 2.33. The molecule has 0 aromatic heterocycles. The highest BCUT2D eigenvalue weighted by Crippen LogP contribution is 2.27. The Kier molecular flexibility index (Phi) is 2.52. The van der Waals surface area contributed by atoms with E-state index in [1.54, 1.807) is 12.2 Å². The van der Waals surface area contributed by atoms with Crippen LogP contribution in [0.5, 0.6) is 0 Å². The van der Waals surface area contributed by atoms with Crippen molar-refractivity contribution >= 4 is 11.8 Å². The normalized spacial score (nSPS) is 23.4. The van der Waals surface area contributed by atoms with Gasteiger partial charge in [0, 0.05) is 18.2 Å². The minimum absolute atomic E-state index is 0.193. The number of fused-ring (bicyclic) bond motifs is 1. The number of carbonyl (C=O) groups is 2. The minimum Gasteiger partial charge on any atom is -0.509 e. The number of hydrogen-bond acceptors (Lipinski definition) is 5. The van der Waals surface area contributed by atoms with E-state index in [-0.39, 0.29) is 23.5 Å². The van der Waals surface area contributed by atoms with E-state index in [9.17, 15) is 14.7 Å². The molecule has 0 aromatic rings. The van der Waals surface area contributed by atoms with Crippen LogP contribution in [0, 0.1) is 0 Å². The molecule has 2 N–H and O–H groups in total. The Balaban J connectivity index is 2.42. The van der Waals surface area contributed by atoms with E-state index < -0.39 is 12.0 Å². The first-order chi connectivity index (χ1) is 7.65. The molecule has 2 rings (SSSR count). The number of nitrogens with one attached hydrogen (secondary N) is 1. The average Bonchev–Trinajstić information content (AvgIpc) is 2.28. The molecule has 1 aliphatic heterocycles. The molecule has 1 atom stereocenters. The summed E-state index contributed by atoms with van der Waals surface area (Å²) in [4.78, 5) is 22.9. The Morgan fingerprint density at radius 2 is 2.38 bits per heavy atom. The van der Waals surface area contributed by atoms with Crippen molar-refractivity contribution in [2.24, 2.45) is 0 Å². The summed E-state index contributed by atoms with van der Waals surface area (Å²) in [7, 11) is 1.23. The number of Topliss-reactive ketones (excluding diaryl/α,β-unsaturated/α-hetero) is 1. The average molecular weight is 221 g/mol. The fourth-order valence-electron chi connectivity index (χ4n) is 1.74. The number of hydrogen-bond donors (Lipinski definition) is 2. The van der Waals surface area contributed by atoms with Gasteiger partial charge in [0.25, 0.3) is 0 Å². The highest BCUT2D eigenvalue weighted by molar-refractivity contribution is 6.04. The lowest BCUT2D eigenvalue weighted by molar-refractivity contribution is -0.142. The Bertz CT molecular complexity index is 445. The molecule has 16 heavy (non-hydrogen) atoms. The molecule has 84 valence electrons. The SMILES string of the molecule is COC(=O)C1NC=C2C=CCC(=O)C2=C1O. The number of aliphatic hydroxyl groups excluding tert-OH is 1. The van der Waals surface area contributed by atoms with Crippen LogP contribution in [0.25, 0.3) is 0 Å². The molecule has 1 unspecified atom stereocenters. The molecular formula is C11H11NO4. The topological polar surface area (TPSA) is 75.6 Å². The van der Waals surface area contributed by atoms with Crippen LogP contribution in [0.3, 0.4) is 0 Å². The van der Waals surface area contributed by atoms with Gasteiger partial charge in [0.15, 0.2) is 11.8 Å². The molecule has 0 aromatic carbocycles. The van der Waals surface area contributed by atoms with Crippen molar-refractivity contribution in [3.8, 4) is 0 Å². The molecule has 0 spiro atoms. The van der Waals surface area contributed by atoms with Gasteiger partial charge in [0.05, 0.1) is 12.7 Å². The van der Waals surface area contributed by atoms with Crippen molar-refractivity contribution in [2.75, 3.05) is 7.11 Å². The van der Waals surface area contributed by atoms with E-state index in [2.05, 4.69) is 10.1 Å². The number of esters is 1. The van der Waals surface area contributed by atoms with Gasteiger partial charge in [-0.25, -0.2) is 4.79 Å². The van der Waals surface area contributed by atoms with Crippen LogP contribution in [0.2, 0.25) is 0 Å². The summed E-state index contributed by atoms with van der Waals surface area (Å²) in [6.45, 7) is 0. The predicted octanol–water partition coefficient (Wildman–Crippen LogP) is 0.356. The molecule has 0 fully saturated rings. The monoisotopic (exact) mass is 221 g/mol. The molecular weight excluding hydrogens is 210 g/mol. The summed E-state index contributed by atoms with van der Waals surface area (Å²) >= 11 is 0. The zero-order chi connectivity index (χ0) is 11.7. The van der Waals surface area contributed by atoms with Gasteiger partial charge < -0.3 is 15.2 Å². The molecule has 0 amide bonds. The fraction of sp³-hybridized carbons (Fsp3) is 0.273. The van der Waals surface area contributed by atoms with E-state index >= 15 is 0 Å². The Morgan fingerprint density at radius 1 is 1.62 bits per heavy atom. The third kappa shape index (κ3) is 1.50. The maximum absolute atomic E-state index is 11.6. The lowest BCUT2D eigenvalue weighted by atomic mass is 9.90. The molecule has 5 nitrogen and oxygen atoms in total. The van der Waals surface area contributed by atoms with E-state index in [0.29, 0.717) is 5.57 Å². The van der Waals surface area contributed by atoms with Gasteiger partial charge in [-0.1, -0.05) is 12.2 Å². The number of methoxy groups -OCH3 is 1. The maximum Gasteiger partial charge on any atom is 0.336 e. The summed E-state index contributed by atoms with van der Waals surface area (Å²) in [5, 5.41) is 12.5. The smallest absolute Gasteiger partial charge is 0.336 e. The van der Waals surface area contributed by atoms with Gasteiger partial charge >= 0.3 is 5.97 Å². The van der Waals surface area contributed by atoms with E-state index in [0.717, 1.165) is 0 Å². The van der Waals surface area contributed by atoms with Gasteiger partial charge in [0.2, 0.25) is 0 Å². The first kappa shape index (κ1) is 10.5. The minimum atomic E-state index is -0.987. The second-order valence-corrected chi connectivity index (χ2v) is 3.51. The first-order valence-electron chi connectivity index (χ1n) is 4.82. The Labute approximate surface area is 92.1 Å². The van der Waals surface area contributed by atoms with Crippen LogP contribution in [0.15, 0.2) is 35.3 Å². The highest BCUT2D eigenvalue weighted by atomic mass is 16.5. The molecule has 1 aliphatic carbocycles. The van der Waals surface area contributed by atoms with Crippen LogP contribution in [-0.4, -0.2) is 30.0 Å². The largest absolute Gasteiger partial charge is 0.509 e. The molecule has 0 radical (unpaired) electrons. The number of allylic oxidation sites excluding steroid dienone is 4. The van der Waals surface area contributed by atoms with Gasteiger partial charge in [-0.2, -0.15) is 0 Å². The summed E-state index contributed by atoms with van der Waals surface area (Å²) < 4.78 is 4.52. The number of ether oxygens (including phenoxy) is 1. The lowest BCUT2D eigenvalue weighted by Gasteiger charge is -2.24. The van der Waals surface area contributed by atoms with Crippen LogP contribution in [0.4, 0.5) is 0 Å². The second-order valence-electron chi connectivity index (χ2n) is 3.51. The predicted molar refractivity (Wildman–Crippen MR) is 55.4 cm³/mol. The number of aliphatic hydroxyl groups is 1. The molecule has 0 bridgehead atoms. The van der Waals surface area contributed by atoms with E-state index in [4.69, 9.17) is 0 Å². The molecule has 5 heteroatoms. The van der Waals surface area contributed by atoms with Crippen molar-refractivity contribution in [3.05, 3.63) is 35.3 Å². The summed E-state index contributed by atoms with van der Waals surface area (Å²) in [6.07, 6.45) is 5.22. The van der Waals surface area contributed by atoms with Crippen LogP contribution in [-0.2, 0) is 14.3 Å². The van der Waals surface area contributed by atoms with Crippen LogP contribution < -0.4 is 5.32 Å². The Morgan fingerprint density at radius 3 is 3.06 bits per heavy atom. The fourth-order valence-corrected chi connectivity index (χ4v) is 1.74. The van der Waals surface area contributed by atoms with Gasteiger partial charge in [-0.15, -0.1) is 0 Å². The standard InChI is InChI=1S/C11H11NO4/c1-16-11(15)9-10(14)8-6(5-12-9)3-2-4-7(8)13/h2-3,5,9,12,14H,4H2,1H3. The molecule has 0 saturated carbocycles. The van der Waals surface area contributed by atoms with Crippen molar-refractivity contribution in [1.29, 1.82) is 0 Å². The van der Waals surface area contributed by atoms with E-state index in [1.165, 1.54) is 13.3 Å². The van der Waals surface area contributed by atoms with Crippen molar-refractivity contribution in [1.82, 2.24) is 5.32 Å². The Hall–Kier alpha value is -2.04. The van der Waals surface area contributed by atoms with Crippen LogP contribution >= 0.6 is 0 Å². The summed E-state index contributed by atoms with van der Waals surface area (Å²) in [6, 6.07) is -0.987. The maximum atomic E-state index is 11.6. The number of carbonyl (C=O) groups excluding carboxylic acids is 2. The van der Waals surface area contributed by atoms with Crippen LogP contribution in [0.1, 0.15) is 6.42 Å². The van der Waals surface area contributed by atoms with E-state index in [1.807, 2.05) is 0 Å². The second kappa shape index (κ2) is 3.84. The summed E-state index contributed by atoms with van der Waals surface area (Å²) in [5.41, 5.74) is 0.797. The third-order valence-electron chi connectivity index (χ3n) is 2.54. The summed E-state index contributed by atoms with van der Waals surface area (Å²) in [5.74, 6) is -1.08. The lowest BCUT2D eigenvalue weighted by Crippen LogP contribution is -2.40. The number of ketones is 1. The first-order valence-corrected chi connectivity index (χ1v) is 4.82. The van der Waals surface area contributed by atoms with Crippen molar-refractivity contribution in [3.63, 3.8) is 0 Å². The molecule has 2 aliphatic rings. The van der Waals surface area contributed by atoms with Crippen molar-refractivity contribution in [2.45, 2.75) is 12.5 Å². The molecule has 0 saturated heterocycles.